The van der Waals surface area contributed by atoms with Crippen molar-refractivity contribution in [2.45, 2.75) is 6.42 Å². The second-order valence-corrected chi connectivity index (χ2v) is 5.47. The summed E-state index contributed by atoms with van der Waals surface area (Å²) in [4.78, 5) is 27.7. The van der Waals surface area contributed by atoms with Crippen LogP contribution in [0.25, 0.3) is 10.9 Å². The number of carbonyl (C=O) groups excluding carboxylic acids is 2. The summed E-state index contributed by atoms with van der Waals surface area (Å²) in [6.07, 6.45) is 3.25. The van der Waals surface area contributed by atoms with Gasteiger partial charge in [-0.05, 0) is 48.4 Å². The molecule has 1 heterocycles. The number of fused-ring (bicyclic) bond motifs is 1. The molecule has 0 spiro atoms. The van der Waals surface area contributed by atoms with Crippen LogP contribution in [0.1, 0.15) is 15.9 Å². The lowest BCUT2D eigenvalue weighted by Gasteiger charge is -2.08. The Morgan fingerprint density at radius 3 is 2.80 bits per heavy atom. The Bertz CT molecular complexity index is 956. The van der Waals surface area contributed by atoms with Gasteiger partial charge in [0.15, 0.2) is 0 Å². The van der Waals surface area contributed by atoms with Crippen molar-refractivity contribution in [1.29, 1.82) is 0 Å². The van der Waals surface area contributed by atoms with Crippen LogP contribution in [-0.4, -0.2) is 16.8 Å². The first kappa shape index (κ1) is 16.6. The summed E-state index contributed by atoms with van der Waals surface area (Å²) < 4.78 is 13.2. The Morgan fingerprint density at radius 1 is 1.16 bits per heavy atom. The fourth-order valence-corrected chi connectivity index (χ4v) is 2.51. The zero-order chi connectivity index (χ0) is 17.8. The minimum absolute atomic E-state index is 0.0702. The number of nitrogens with two attached hydrogens (primary N) is 1. The number of nitrogens with one attached hydrogen (secondary N) is 1. The number of hydrogen-bond donors (Lipinski definition) is 2. The molecule has 25 heavy (non-hydrogen) atoms. The fourth-order valence-electron chi connectivity index (χ4n) is 2.51. The van der Waals surface area contributed by atoms with Gasteiger partial charge in [0.25, 0.3) is 0 Å². The summed E-state index contributed by atoms with van der Waals surface area (Å²) >= 11 is 0. The predicted molar refractivity (Wildman–Crippen MR) is 93.3 cm³/mol. The Labute approximate surface area is 143 Å². The smallest absolute Gasteiger partial charge is 0.249 e. The molecule has 5 nitrogen and oxygen atoms in total. The lowest BCUT2D eigenvalue weighted by molar-refractivity contribution is -0.113. The van der Waals surface area contributed by atoms with Crippen molar-refractivity contribution in [2.24, 2.45) is 5.73 Å². The molecule has 125 valence electrons. The minimum atomic E-state index is -0.731. The third-order valence-corrected chi connectivity index (χ3v) is 3.72. The van der Waals surface area contributed by atoms with Crippen molar-refractivity contribution in [3.8, 4) is 0 Å². The molecule has 0 fully saturated rings. The fraction of sp³-hybridized carbons (Fsp3) is 0.0526. The largest absolute Gasteiger partial charge is 0.366 e. The first-order valence-electron chi connectivity index (χ1n) is 7.60. The number of anilines is 1. The molecule has 0 aliphatic carbocycles. The van der Waals surface area contributed by atoms with Gasteiger partial charge in [0, 0.05) is 22.8 Å². The number of hydrogen-bond acceptors (Lipinski definition) is 3. The summed E-state index contributed by atoms with van der Waals surface area (Å²) in [5.74, 6) is -1.61. The SMILES string of the molecule is NC(=O)c1cc(F)ccc1C[CH]C(=O)Nc1ccc2ncccc2c1. The van der Waals surface area contributed by atoms with Crippen LogP contribution >= 0.6 is 0 Å². The van der Waals surface area contributed by atoms with Crippen molar-refractivity contribution in [3.63, 3.8) is 0 Å². The number of aromatic nitrogens is 1. The third kappa shape index (κ3) is 3.98. The Balaban J connectivity index is 1.67. The van der Waals surface area contributed by atoms with Crippen molar-refractivity contribution in [2.75, 3.05) is 5.32 Å². The van der Waals surface area contributed by atoms with Crippen LogP contribution in [0.4, 0.5) is 10.1 Å². The van der Waals surface area contributed by atoms with E-state index < -0.39 is 11.7 Å². The van der Waals surface area contributed by atoms with Gasteiger partial charge in [-0.25, -0.2) is 4.39 Å². The van der Waals surface area contributed by atoms with E-state index >= 15 is 0 Å². The molecular formula is C19H15FN3O2. The normalized spacial score (nSPS) is 10.6. The van der Waals surface area contributed by atoms with E-state index in [2.05, 4.69) is 10.3 Å². The van der Waals surface area contributed by atoms with Gasteiger partial charge < -0.3 is 11.1 Å². The van der Waals surface area contributed by atoms with Crippen molar-refractivity contribution < 1.29 is 14.0 Å². The van der Waals surface area contributed by atoms with E-state index in [-0.39, 0.29) is 17.9 Å². The van der Waals surface area contributed by atoms with Gasteiger partial charge in [0.1, 0.15) is 5.82 Å². The molecule has 3 rings (SSSR count). The molecular weight excluding hydrogens is 321 g/mol. The summed E-state index contributed by atoms with van der Waals surface area (Å²) in [7, 11) is 0. The predicted octanol–water partition coefficient (Wildman–Crippen LogP) is 2.86. The van der Waals surface area contributed by atoms with E-state index in [1.165, 1.54) is 18.6 Å². The number of nitrogens with zero attached hydrogens (tertiary/aromatic N) is 1. The van der Waals surface area contributed by atoms with Gasteiger partial charge in [0.05, 0.1) is 11.9 Å². The number of halogens is 1. The molecule has 0 saturated heterocycles. The van der Waals surface area contributed by atoms with Crippen LogP contribution in [0, 0.1) is 12.2 Å². The van der Waals surface area contributed by atoms with Crippen LogP contribution in [0.5, 0.6) is 0 Å². The van der Waals surface area contributed by atoms with Gasteiger partial charge in [-0.15, -0.1) is 0 Å². The zero-order valence-electron chi connectivity index (χ0n) is 13.2. The molecule has 0 aliphatic heterocycles. The number of amides is 2. The molecule has 2 amide bonds. The number of carbonyl (C=O) groups is 2. The highest BCUT2D eigenvalue weighted by Crippen LogP contribution is 2.18. The van der Waals surface area contributed by atoms with E-state index in [1.54, 1.807) is 12.3 Å². The Kier molecular flexibility index (Phi) is 4.70. The van der Waals surface area contributed by atoms with Crippen LogP contribution < -0.4 is 11.1 Å². The molecule has 3 aromatic rings. The lowest BCUT2D eigenvalue weighted by Crippen LogP contribution is -2.17. The summed E-state index contributed by atoms with van der Waals surface area (Å²) in [5.41, 5.74) is 7.27. The van der Waals surface area contributed by atoms with E-state index in [0.29, 0.717) is 11.3 Å². The average Bonchev–Trinajstić information content (AvgIpc) is 2.60. The van der Waals surface area contributed by atoms with Crippen molar-refractivity contribution in [1.82, 2.24) is 4.98 Å². The monoisotopic (exact) mass is 336 g/mol. The van der Waals surface area contributed by atoms with Gasteiger partial charge in [-0.2, -0.15) is 0 Å². The highest BCUT2D eigenvalue weighted by molar-refractivity contribution is 5.99. The maximum atomic E-state index is 13.2. The highest BCUT2D eigenvalue weighted by atomic mass is 19.1. The number of benzene rings is 2. The van der Waals surface area contributed by atoms with Crippen molar-refractivity contribution in [3.05, 3.63) is 78.1 Å². The van der Waals surface area contributed by atoms with Crippen LogP contribution in [-0.2, 0) is 11.2 Å². The Morgan fingerprint density at radius 2 is 2.00 bits per heavy atom. The molecule has 2 aromatic carbocycles. The molecule has 0 atom stereocenters. The Hall–Kier alpha value is -3.28. The maximum Gasteiger partial charge on any atom is 0.249 e. The number of rotatable bonds is 5. The topological polar surface area (TPSA) is 85.1 Å². The standard InChI is InChI=1S/C19H15FN3O2/c20-14-5-3-12(16(11-14)19(21)25)4-8-18(24)23-15-6-7-17-13(10-15)2-1-9-22-17/h1-3,5-11H,4H2,(H2,21,25)(H,23,24). The first-order valence-corrected chi connectivity index (χ1v) is 7.60. The first-order chi connectivity index (χ1) is 12.0. The molecule has 1 radical (unpaired) electrons. The summed E-state index contributed by atoms with van der Waals surface area (Å²) in [6, 6.07) is 12.9. The molecule has 0 aliphatic rings. The van der Waals surface area contributed by atoms with Crippen molar-refractivity contribution >= 4 is 28.4 Å². The van der Waals surface area contributed by atoms with Gasteiger partial charge in [0.2, 0.25) is 11.8 Å². The molecule has 0 unspecified atom stereocenters. The zero-order valence-corrected chi connectivity index (χ0v) is 13.2. The maximum absolute atomic E-state index is 13.2. The van der Waals surface area contributed by atoms with E-state index in [9.17, 15) is 14.0 Å². The van der Waals surface area contributed by atoms with E-state index in [1.807, 2.05) is 24.3 Å². The molecule has 3 N–H and O–H groups in total. The second kappa shape index (κ2) is 7.09. The third-order valence-electron chi connectivity index (χ3n) is 3.72. The summed E-state index contributed by atoms with van der Waals surface area (Å²) in [5, 5.41) is 3.66. The quantitative estimate of drug-likeness (QED) is 0.751. The lowest BCUT2D eigenvalue weighted by atomic mass is 10.0. The molecule has 6 heteroatoms. The molecule has 1 aromatic heterocycles. The highest BCUT2D eigenvalue weighted by Gasteiger charge is 2.12. The summed E-state index contributed by atoms with van der Waals surface area (Å²) in [6.45, 7) is 0. The molecule has 0 saturated carbocycles. The van der Waals surface area contributed by atoms with Gasteiger partial charge in [-0.1, -0.05) is 12.1 Å². The van der Waals surface area contributed by atoms with E-state index in [4.69, 9.17) is 5.73 Å². The number of primary amides is 1. The minimum Gasteiger partial charge on any atom is -0.366 e. The molecule has 0 bridgehead atoms. The second-order valence-electron chi connectivity index (χ2n) is 5.47. The van der Waals surface area contributed by atoms with Gasteiger partial charge >= 0.3 is 0 Å². The van der Waals surface area contributed by atoms with Crippen LogP contribution in [0.15, 0.2) is 54.7 Å². The van der Waals surface area contributed by atoms with Crippen LogP contribution in [0.3, 0.4) is 0 Å². The average molecular weight is 336 g/mol. The van der Waals surface area contributed by atoms with Crippen LogP contribution in [0.2, 0.25) is 0 Å². The van der Waals surface area contributed by atoms with E-state index in [0.717, 1.165) is 17.0 Å². The number of pyridine rings is 1. The van der Waals surface area contributed by atoms with Gasteiger partial charge in [-0.3, -0.25) is 14.6 Å².